The summed E-state index contributed by atoms with van der Waals surface area (Å²) in [4.78, 5) is 23.4. The summed E-state index contributed by atoms with van der Waals surface area (Å²) in [7, 11) is 0. The van der Waals surface area contributed by atoms with Crippen molar-refractivity contribution in [3.63, 3.8) is 0 Å². The van der Waals surface area contributed by atoms with Crippen molar-refractivity contribution in [1.29, 1.82) is 0 Å². The van der Waals surface area contributed by atoms with Crippen LogP contribution in [0.5, 0.6) is 0 Å². The van der Waals surface area contributed by atoms with Crippen molar-refractivity contribution >= 4 is 29.1 Å². The van der Waals surface area contributed by atoms with Crippen molar-refractivity contribution in [3.05, 3.63) is 64.9 Å². The summed E-state index contributed by atoms with van der Waals surface area (Å²) in [6, 6.07) is 12.5. The highest BCUT2D eigenvalue weighted by molar-refractivity contribution is 6.30. The lowest BCUT2D eigenvalue weighted by atomic mass is 10.2. The molecule has 2 amide bonds. The van der Waals surface area contributed by atoms with E-state index in [1.807, 2.05) is 0 Å². The number of carbonyl (C=O) groups excluding carboxylic acids is 2. The molecule has 6 heteroatoms. The smallest absolute Gasteiger partial charge is 0.233 e. The van der Waals surface area contributed by atoms with Crippen LogP contribution in [-0.4, -0.2) is 11.8 Å². The molecule has 0 aliphatic rings. The first kappa shape index (κ1) is 16.0. The zero-order chi connectivity index (χ0) is 15.9. The van der Waals surface area contributed by atoms with Gasteiger partial charge in [0.2, 0.25) is 11.8 Å². The molecule has 2 aromatic carbocycles. The Kier molecular flexibility index (Phi) is 5.49. The van der Waals surface area contributed by atoms with Crippen LogP contribution < -0.4 is 10.6 Å². The molecule has 0 saturated heterocycles. The molecule has 0 unspecified atom stereocenters. The van der Waals surface area contributed by atoms with Gasteiger partial charge in [0.25, 0.3) is 0 Å². The number of rotatable bonds is 5. The van der Waals surface area contributed by atoms with Crippen molar-refractivity contribution in [1.82, 2.24) is 5.32 Å². The van der Waals surface area contributed by atoms with Crippen molar-refractivity contribution in [2.24, 2.45) is 0 Å². The van der Waals surface area contributed by atoms with E-state index in [0.29, 0.717) is 17.3 Å². The fourth-order valence-electron chi connectivity index (χ4n) is 1.78. The number of anilines is 1. The van der Waals surface area contributed by atoms with Crippen LogP contribution >= 0.6 is 11.6 Å². The van der Waals surface area contributed by atoms with E-state index in [0.717, 1.165) is 5.56 Å². The van der Waals surface area contributed by atoms with Crippen molar-refractivity contribution in [3.8, 4) is 0 Å². The molecule has 0 spiro atoms. The normalized spacial score (nSPS) is 10.1. The maximum absolute atomic E-state index is 13.0. The number of hydrogen-bond acceptors (Lipinski definition) is 2. The Morgan fingerprint density at radius 3 is 2.45 bits per heavy atom. The monoisotopic (exact) mass is 320 g/mol. The average molecular weight is 321 g/mol. The number of benzene rings is 2. The highest BCUT2D eigenvalue weighted by Crippen LogP contribution is 2.10. The van der Waals surface area contributed by atoms with Gasteiger partial charge in [0.05, 0.1) is 0 Å². The first-order valence-corrected chi connectivity index (χ1v) is 6.97. The molecule has 2 aromatic rings. The first-order chi connectivity index (χ1) is 10.5. The van der Waals surface area contributed by atoms with Gasteiger partial charge in [-0.3, -0.25) is 9.59 Å². The van der Waals surface area contributed by atoms with Gasteiger partial charge < -0.3 is 10.6 Å². The summed E-state index contributed by atoms with van der Waals surface area (Å²) < 4.78 is 13.0. The summed E-state index contributed by atoms with van der Waals surface area (Å²) in [5, 5.41) is 5.71. The van der Waals surface area contributed by atoms with Crippen LogP contribution in [0.3, 0.4) is 0 Å². The van der Waals surface area contributed by atoms with Gasteiger partial charge in [0, 0.05) is 17.3 Å². The number of hydrogen-bond donors (Lipinski definition) is 2. The molecule has 0 bridgehead atoms. The van der Waals surface area contributed by atoms with Crippen LogP contribution in [0.4, 0.5) is 10.1 Å². The van der Waals surface area contributed by atoms with Crippen molar-refractivity contribution in [2.45, 2.75) is 13.0 Å². The molecule has 0 saturated carbocycles. The van der Waals surface area contributed by atoms with Crippen LogP contribution in [0.25, 0.3) is 0 Å². The SMILES string of the molecule is O=C(CC(=O)Nc1cccc(F)c1)NCc1ccc(Cl)cc1. The predicted octanol–water partition coefficient (Wildman–Crippen LogP) is 3.12. The molecule has 0 atom stereocenters. The van der Waals surface area contributed by atoms with Gasteiger partial charge in [-0.05, 0) is 35.9 Å². The van der Waals surface area contributed by atoms with E-state index in [1.165, 1.54) is 18.2 Å². The molecule has 4 nitrogen and oxygen atoms in total. The Hall–Kier alpha value is -2.40. The summed E-state index contributed by atoms with van der Waals surface area (Å²) in [6.45, 7) is 0.309. The summed E-state index contributed by atoms with van der Waals surface area (Å²) >= 11 is 5.76. The third-order valence-corrected chi connectivity index (χ3v) is 3.08. The van der Waals surface area contributed by atoms with E-state index >= 15 is 0 Å². The third-order valence-electron chi connectivity index (χ3n) is 2.83. The number of halogens is 2. The first-order valence-electron chi connectivity index (χ1n) is 6.59. The lowest BCUT2D eigenvalue weighted by Gasteiger charge is -2.07. The molecule has 0 aliphatic carbocycles. The van der Waals surface area contributed by atoms with Crippen LogP contribution in [-0.2, 0) is 16.1 Å². The lowest BCUT2D eigenvalue weighted by Crippen LogP contribution is -2.27. The third kappa shape index (κ3) is 5.18. The quantitative estimate of drug-likeness (QED) is 0.832. The van der Waals surface area contributed by atoms with E-state index in [1.54, 1.807) is 30.3 Å². The average Bonchev–Trinajstić information content (AvgIpc) is 2.46. The second-order valence-corrected chi connectivity index (χ2v) is 5.07. The second-order valence-electron chi connectivity index (χ2n) is 4.64. The molecular formula is C16H14ClFN2O2. The van der Waals surface area contributed by atoms with Gasteiger partial charge in [-0.2, -0.15) is 0 Å². The minimum atomic E-state index is -0.501. The van der Waals surface area contributed by atoms with E-state index in [9.17, 15) is 14.0 Å². The standard InChI is InChI=1S/C16H14ClFN2O2/c17-12-6-4-11(5-7-12)10-19-15(21)9-16(22)20-14-3-1-2-13(18)8-14/h1-8H,9-10H2,(H,19,21)(H,20,22). The van der Waals surface area contributed by atoms with Gasteiger partial charge >= 0.3 is 0 Å². The molecule has 0 heterocycles. The van der Waals surface area contributed by atoms with E-state index in [4.69, 9.17) is 11.6 Å². The van der Waals surface area contributed by atoms with Gasteiger partial charge in [0.1, 0.15) is 12.2 Å². The van der Waals surface area contributed by atoms with E-state index in [2.05, 4.69) is 10.6 Å². The molecule has 0 fully saturated rings. The fourth-order valence-corrected chi connectivity index (χ4v) is 1.91. The highest BCUT2D eigenvalue weighted by Gasteiger charge is 2.09. The topological polar surface area (TPSA) is 58.2 Å². The second kappa shape index (κ2) is 7.56. The zero-order valence-electron chi connectivity index (χ0n) is 11.6. The van der Waals surface area contributed by atoms with Gasteiger partial charge in [-0.25, -0.2) is 4.39 Å². The van der Waals surface area contributed by atoms with Gasteiger partial charge in [-0.15, -0.1) is 0 Å². The Morgan fingerprint density at radius 1 is 1.05 bits per heavy atom. The Bertz CT molecular complexity index is 674. The van der Waals surface area contributed by atoms with Crippen molar-refractivity contribution < 1.29 is 14.0 Å². The summed E-state index contributed by atoms with van der Waals surface area (Å²) in [6.07, 6.45) is -0.329. The van der Waals surface area contributed by atoms with E-state index < -0.39 is 17.6 Å². The molecular weight excluding hydrogens is 307 g/mol. The number of carbonyl (C=O) groups is 2. The Labute approximate surface area is 132 Å². The van der Waals surface area contributed by atoms with E-state index in [-0.39, 0.29) is 6.42 Å². The Morgan fingerprint density at radius 2 is 1.77 bits per heavy atom. The lowest BCUT2D eigenvalue weighted by molar-refractivity contribution is -0.126. The van der Waals surface area contributed by atoms with Gasteiger partial charge in [-0.1, -0.05) is 29.8 Å². The molecule has 2 rings (SSSR count). The van der Waals surface area contributed by atoms with Crippen molar-refractivity contribution in [2.75, 3.05) is 5.32 Å². The molecule has 0 aliphatic heterocycles. The number of nitrogens with one attached hydrogen (secondary N) is 2. The minimum absolute atomic E-state index is 0.309. The zero-order valence-corrected chi connectivity index (χ0v) is 12.4. The molecule has 114 valence electrons. The van der Waals surface area contributed by atoms with Crippen LogP contribution in [0.2, 0.25) is 5.02 Å². The Balaban J connectivity index is 1.79. The largest absolute Gasteiger partial charge is 0.352 e. The molecule has 22 heavy (non-hydrogen) atoms. The van der Waals surface area contributed by atoms with Gasteiger partial charge in [0.15, 0.2) is 0 Å². The maximum atomic E-state index is 13.0. The summed E-state index contributed by atoms with van der Waals surface area (Å²) in [5.41, 5.74) is 1.19. The fraction of sp³-hybridized carbons (Fsp3) is 0.125. The molecule has 0 radical (unpaired) electrons. The minimum Gasteiger partial charge on any atom is -0.352 e. The van der Waals surface area contributed by atoms with Crippen LogP contribution in [0, 0.1) is 5.82 Å². The predicted molar refractivity (Wildman–Crippen MR) is 82.9 cm³/mol. The van der Waals surface area contributed by atoms with Crippen LogP contribution in [0.15, 0.2) is 48.5 Å². The number of amides is 2. The van der Waals surface area contributed by atoms with Crippen LogP contribution in [0.1, 0.15) is 12.0 Å². The highest BCUT2D eigenvalue weighted by atomic mass is 35.5. The molecule has 0 aromatic heterocycles. The summed E-state index contributed by atoms with van der Waals surface area (Å²) in [5.74, 6) is -1.37. The maximum Gasteiger partial charge on any atom is 0.233 e. The molecule has 2 N–H and O–H groups in total.